The van der Waals surface area contributed by atoms with E-state index in [1.165, 1.54) is 7.11 Å². The van der Waals surface area contributed by atoms with Gasteiger partial charge < -0.3 is 25.0 Å². The highest BCUT2D eigenvalue weighted by Crippen LogP contribution is 2.44. The maximum Gasteiger partial charge on any atom is 0.409 e. The van der Waals surface area contributed by atoms with Crippen LogP contribution in [0, 0.1) is 5.92 Å². The molecule has 5 rings (SSSR count). The Morgan fingerprint density at radius 2 is 1.64 bits per heavy atom. The Labute approximate surface area is 276 Å². The minimum atomic E-state index is -0.998. The molecule has 3 amide bonds. The molecule has 1 heterocycles. The number of aromatic nitrogens is 1. The molecule has 250 valence electrons. The average molecular weight is 645 g/mol. The van der Waals surface area contributed by atoms with E-state index in [0.29, 0.717) is 12.1 Å². The monoisotopic (exact) mass is 644 g/mol. The first-order chi connectivity index (χ1) is 22.4. The summed E-state index contributed by atoms with van der Waals surface area (Å²) in [6.45, 7) is 5.38. The summed E-state index contributed by atoms with van der Waals surface area (Å²) in [6.07, 6.45) is 3.93. The van der Waals surface area contributed by atoms with Gasteiger partial charge in [-0.2, -0.15) is 0 Å². The predicted molar refractivity (Wildman–Crippen MR) is 179 cm³/mol. The number of alkyl halides is 1. The Bertz CT molecular complexity index is 1560. The fraction of sp³-hybridized carbons (Fsp3) is 0.459. The van der Waals surface area contributed by atoms with Gasteiger partial charge in [-0.25, -0.2) is 14.0 Å². The topological polar surface area (TPSA) is 110 Å². The molecule has 1 aromatic heterocycles. The van der Waals surface area contributed by atoms with Crippen molar-refractivity contribution < 1.29 is 28.2 Å². The lowest BCUT2D eigenvalue weighted by Gasteiger charge is -2.45. The van der Waals surface area contributed by atoms with E-state index in [-0.39, 0.29) is 36.8 Å². The van der Waals surface area contributed by atoms with E-state index in [9.17, 15) is 18.8 Å². The molecule has 0 aliphatic heterocycles. The first-order valence-electron chi connectivity index (χ1n) is 16.3. The van der Waals surface area contributed by atoms with E-state index in [1.807, 2.05) is 60.7 Å². The third kappa shape index (κ3) is 8.28. The summed E-state index contributed by atoms with van der Waals surface area (Å²) in [4.78, 5) is 44.0. The van der Waals surface area contributed by atoms with Crippen molar-refractivity contribution >= 4 is 23.8 Å². The zero-order valence-corrected chi connectivity index (χ0v) is 27.8. The second-order valence-corrected chi connectivity index (χ2v) is 13.8. The SMILES string of the molecule is COC(=O)N(C)C1CCC(CC(=O)Nc2cnc(-c3ccc(C4(NC(=O)OC(C)(C)C)CC(F)C4)cc3)c(-c3ccccc3)c2)CC1. The van der Waals surface area contributed by atoms with E-state index in [4.69, 9.17) is 14.5 Å². The minimum Gasteiger partial charge on any atom is -0.453 e. The van der Waals surface area contributed by atoms with E-state index >= 15 is 0 Å². The molecule has 2 aliphatic carbocycles. The van der Waals surface area contributed by atoms with E-state index in [0.717, 1.165) is 53.6 Å². The molecule has 3 aromatic rings. The smallest absolute Gasteiger partial charge is 0.409 e. The highest BCUT2D eigenvalue weighted by Gasteiger charge is 2.48. The number of alkyl carbamates (subject to hydrolysis) is 1. The molecule has 2 N–H and O–H groups in total. The standard InChI is InChI=1S/C37H45FN4O5/c1-36(2,3)47-34(44)41-37(21-28(38)22-37)27-15-13-26(14-16-27)33-31(25-9-7-6-8-10-25)20-29(23-39-33)40-32(43)19-24-11-17-30(18-12-24)42(4)35(45)46-5/h6-10,13-16,20,23-24,28,30H,11-12,17-19,21-22H2,1-5H3,(H,40,43)(H,41,44). The molecule has 0 radical (unpaired) electrons. The summed E-state index contributed by atoms with van der Waals surface area (Å²) in [5.74, 6) is 0.176. The maximum absolute atomic E-state index is 14.2. The Morgan fingerprint density at radius 3 is 2.23 bits per heavy atom. The maximum atomic E-state index is 14.2. The molecule has 2 aromatic carbocycles. The number of carbonyl (C=O) groups excluding carboxylic acids is 3. The minimum absolute atomic E-state index is 0.0675. The largest absolute Gasteiger partial charge is 0.453 e. The van der Waals surface area contributed by atoms with E-state index in [1.54, 1.807) is 38.9 Å². The summed E-state index contributed by atoms with van der Waals surface area (Å²) in [6, 6.07) is 19.6. The van der Waals surface area contributed by atoms with E-state index < -0.39 is 23.4 Å². The molecule has 0 spiro atoms. The third-order valence-corrected chi connectivity index (χ3v) is 9.15. The molecule has 2 saturated carbocycles. The van der Waals surface area contributed by atoms with Crippen molar-refractivity contribution in [3.63, 3.8) is 0 Å². The first kappa shape index (κ1) is 33.9. The predicted octanol–water partition coefficient (Wildman–Crippen LogP) is 7.85. The number of ether oxygens (including phenoxy) is 2. The quantitative estimate of drug-likeness (QED) is 0.259. The van der Waals surface area contributed by atoms with Crippen molar-refractivity contribution in [3.8, 4) is 22.4 Å². The van der Waals surface area contributed by atoms with Gasteiger partial charge in [-0.05, 0) is 69.6 Å². The third-order valence-electron chi connectivity index (χ3n) is 9.15. The van der Waals surface area contributed by atoms with Gasteiger partial charge >= 0.3 is 12.2 Å². The number of amides is 3. The van der Waals surface area contributed by atoms with Crippen molar-refractivity contribution in [2.24, 2.45) is 5.92 Å². The van der Waals surface area contributed by atoms with Crippen LogP contribution in [0.3, 0.4) is 0 Å². The number of rotatable bonds is 8. The summed E-state index contributed by atoms with van der Waals surface area (Å²) < 4.78 is 24.5. The van der Waals surface area contributed by atoms with Gasteiger partial charge in [-0.15, -0.1) is 0 Å². The van der Waals surface area contributed by atoms with Crippen LogP contribution in [0.2, 0.25) is 0 Å². The van der Waals surface area contributed by atoms with Crippen molar-refractivity contribution in [2.75, 3.05) is 19.5 Å². The number of methoxy groups -OCH3 is 1. The second kappa shape index (κ2) is 14.1. The van der Waals surface area contributed by atoms with Crippen molar-refractivity contribution in [1.82, 2.24) is 15.2 Å². The Morgan fingerprint density at radius 1 is 0.979 bits per heavy atom. The summed E-state index contributed by atoms with van der Waals surface area (Å²) >= 11 is 0. The van der Waals surface area contributed by atoms with Gasteiger partial charge in [0.1, 0.15) is 11.8 Å². The van der Waals surface area contributed by atoms with Crippen LogP contribution in [0.5, 0.6) is 0 Å². The number of nitrogens with one attached hydrogen (secondary N) is 2. The van der Waals surface area contributed by atoms with Crippen LogP contribution in [-0.4, -0.2) is 59.9 Å². The van der Waals surface area contributed by atoms with Crippen LogP contribution in [0.25, 0.3) is 22.4 Å². The number of anilines is 1. The number of pyridine rings is 1. The van der Waals surface area contributed by atoms with Gasteiger partial charge in [0, 0.05) is 43.5 Å². The van der Waals surface area contributed by atoms with Gasteiger partial charge in [0.15, 0.2) is 0 Å². The Hall–Kier alpha value is -4.47. The molecule has 9 nitrogen and oxygen atoms in total. The van der Waals surface area contributed by atoms with Gasteiger partial charge in [0.2, 0.25) is 5.91 Å². The Balaban J connectivity index is 1.30. The van der Waals surface area contributed by atoms with Crippen LogP contribution in [-0.2, 0) is 19.8 Å². The van der Waals surface area contributed by atoms with Crippen molar-refractivity contribution in [2.45, 2.75) is 89.1 Å². The van der Waals surface area contributed by atoms with Crippen LogP contribution >= 0.6 is 0 Å². The van der Waals surface area contributed by atoms with Crippen LogP contribution in [0.15, 0.2) is 66.9 Å². The lowest BCUT2D eigenvalue weighted by Crippen LogP contribution is -2.56. The lowest BCUT2D eigenvalue weighted by atomic mass is 9.70. The molecule has 2 aliphatic rings. The molecule has 0 atom stereocenters. The number of hydrogen-bond acceptors (Lipinski definition) is 6. The van der Waals surface area contributed by atoms with Gasteiger partial charge in [-0.1, -0.05) is 54.6 Å². The Kier molecular flexibility index (Phi) is 10.2. The van der Waals surface area contributed by atoms with Gasteiger partial charge in [0.05, 0.1) is 30.2 Å². The molecule has 2 fully saturated rings. The van der Waals surface area contributed by atoms with Crippen LogP contribution in [0.4, 0.5) is 19.7 Å². The molecule has 0 unspecified atom stereocenters. The van der Waals surface area contributed by atoms with Crippen molar-refractivity contribution in [3.05, 3.63) is 72.4 Å². The van der Waals surface area contributed by atoms with E-state index in [2.05, 4.69) is 10.6 Å². The van der Waals surface area contributed by atoms with Crippen molar-refractivity contribution in [1.29, 1.82) is 0 Å². The number of hydrogen-bond donors (Lipinski definition) is 2. The lowest BCUT2D eigenvalue weighted by molar-refractivity contribution is -0.117. The van der Waals surface area contributed by atoms with Crippen LogP contribution < -0.4 is 10.6 Å². The molecule has 0 saturated heterocycles. The fourth-order valence-corrected chi connectivity index (χ4v) is 6.66. The zero-order chi connectivity index (χ0) is 33.8. The summed E-state index contributed by atoms with van der Waals surface area (Å²) in [5.41, 5.74) is 3.31. The van der Waals surface area contributed by atoms with Gasteiger partial charge in [0.25, 0.3) is 0 Å². The molecule has 0 bridgehead atoms. The number of benzene rings is 2. The van der Waals surface area contributed by atoms with Crippen LogP contribution in [0.1, 0.15) is 71.3 Å². The normalized spacial score (nSPS) is 22.4. The molecule has 10 heteroatoms. The number of halogens is 1. The average Bonchev–Trinajstić information content (AvgIpc) is 3.03. The highest BCUT2D eigenvalue weighted by molar-refractivity contribution is 5.93. The molecular weight excluding hydrogens is 599 g/mol. The molecule has 47 heavy (non-hydrogen) atoms. The number of carbonyl (C=O) groups is 3. The first-order valence-corrected chi connectivity index (χ1v) is 16.3. The molecular formula is C37H45FN4O5. The summed E-state index contributed by atoms with van der Waals surface area (Å²) in [5, 5.41) is 5.97. The fourth-order valence-electron chi connectivity index (χ4n) is 6.66. The second-order valence-electron chi connectivity index (χ2n) is 13.8. The highest BCUT2D eigenvalue weighted by atomic mass is 19.1. The van der Waals surface area contributed by atoms with Gasteiger partial charge in [-0.3, -0.25) is 9.78 Å². The zero-order valence-electron chi connectivity index (χ0n) is 27.8. The summed E-state index contributed by atoms with van der Waals surface area (Å²) in [7, 11) is 3.14. The number of nitrogens with zero attached hydrogens (tertiary/aromatic N) is 2.